The largest absolute Gasteiger partial charge is 0.493 e. The Morgan fingerprint density at radius 3 is 2.60 bits per heavy atom. The average Bonchev–Trinajstić information content (AvgIpc) is 2.60. The fourth-order valence-electron chi connectivity index (χ4n) is 2.87. The van der Waals surface area contributed by atoms with Gasteiger partial charge >= 0.3 is 5.97 Å². The van der Waals surface area contributed by atoms with Crippen molar-refractivity contribution in [2.75, 3.05) is 13.7 Å². The molecule has 6 heteroatoms. The van der Waals surface area contributed by atoms with E-state index < -0.39 is 12.6 Å². The summed E-state index contributed by atoms with van der Waals surface area (Å²) in [6.45, 7) is 1.81. The van der Waals surface area contributed by atoms with Crippen LogP contribution in [0.1, 0.15) is 38.2 Å². The van der Waals surface area contributed by atoms with Gasteiger partial charge in [0.15, 0.2) is 18.1 Å². The Morgan fingerprint density at radius 2 is 1.96 bits per heavy atom. The lowest BCUT2D eigenvalue weighted by atomic mass is 9.87. The number of carboxylic acids is 1. The molecule has 2 rings (SSSR count). The van der Waals surface area contributed by atoms with E-state index in [-0.39, 0.29) is 11.9 Å². The van der Waals surface area contributed by atoms with Crippen LogP contribution in [0.5, 0.6) is 11.5 Å². The topological polar surface area (TPSA) is 84.9 Å². The molecule has 0 unspecified atom stereocenters. The Labute approximate surface area is 147 Å². The zero-order valence-corrected chi connectivity index (χ0v) is 14.7. The quantitative estimate of drug-likeness (QED) is 0.741. The van der Waals surface area contributed by atoms with Gasteiger partial charge in [-0.1, -0.05) is 13.0 Å². The Bertz CT molecular complexity index is 633. The van der Waals surface area contributed by atoms with E-state index in [4.69, 9.17) is 14.6 Å². The number of rotatable bonds is 7. The molecule has 0 saturated heterocycles. The molecule has 1 aromatic carbocycles. The van der Waals surface area contributed by atoms with Gasteiger partial charge in [-0.15, -0.1) is 0 Å². The van der Waals surface area contributed by atoms with Gasteiger partial charge in [0, 0.05) is 12.1 Å². The summed E-state index contributed by atoms with van der Waals surface area (Å²) in [6.07, 6.45) is 7.58. The SMILES string of the molecule is COc1cc(C=CC(=O)NC2CCC(C)CC2)ccc1OCC(=O)O. The second-order valence-corrected chi connectivity index (χ2v) is 6.39. The minimum Gasteiger partial charge on any atom is -0.493 e. The van der Waals surface area contributed by atoms with Gasteiger partial charge in [-0.3, -0.25) is 4.79 Å². The molecule has 2 N–H and O–H groups in total. The summed E-state index contributed by atoms with van der Waals surface area (Å²) in [5.74, 6) is 0.357. The zero-order valence-electron chi connectivity index (χ0n) is 14.7. The molecule has 0 atom stereocenters. The summed E-state index contributed by atoms with van der Waals surface area (Å²) in [4.78, 5) is 22.6. The Morgan fingerprint density at radius 1 is 1.24 bits per heavy atom. The summed E-state index contributed by atoms with van der Waals surface area (Å²) in [5.41, 5.74) is 0.770. The van der Waals surface area contributed by atoms with Crippen molar-refractivity contribution in [3.05, 3.63) is 29.8 Å². The number of ether oxygens (including phenoxy) is 2. The summed E-state index contributed by atoms with van der Waals surface area (Å²) in [6, 6.07) is 5.33. The lowest BCUT2D eigenvalue weighted by molar-refractivity contribution is -0.139. The number of nitrogens with one attached hydrogen (secondary N) is 1. The Balaban J connectivity index is 1.93. The number of hydrogen-bond acceptors (Lipinski definition) is 4. The lowest BCUT2D eigenvalue weighted by Gasteiger charge is -2.26. The van der Waals surface area contributed by atoms with Crippen LogP contribution in [-0.2, 0) is 9.59 Å². The number of carbonyl (C=O) groups excluding carboxylic acids is 1. The van der Waals surface area contributed by atoms with E-state index in [1.165, 1.54) is 13.2 Å². The van der Waals surface area contributed by atoms with Crippen molar-refractivity contribution in [2.45, 2.75) is 38.6 Å². The number of benzene rings is 1. The molecule has 0 radical (unpaired) electrons. The number of carbonyl (C=O) groups is 2. The molecule has 0 spiro atoms. The molecule has 1 aliphatic rings. The van der Waals surface area contributed by atoms with Crippen LogP contribution >= 0.6 is 0 Å². The molecule has 1 saturated carbocycles. The third-order valence-corrected chi connectivity index (χ3v) is 4.33. The molecule has 1 aliphatic carbocycles. The first-order valence-electron chi connectivity index (χ1n) is 8.49. The number of amides is 1. The van der Waals surface area contributed by atoms with Gasteiger partial charge in [0.25, 0.3) is 0 Å². The first-order valence-corrected chi connectivity index (χ1v) is 8.49. The number of carboxylic acid groups (broad SMARTS) is 1. The van der Waals surface area contributed by atoms with Crippen LogP contribution in [0.3, 0.4) is 0 Å². The van der Waals surface area contributed by atoms with E-state index in [1.54, 1.807) is 24.3 Å². The zero-order chi connectivity index (χ0) is 18.2. The maximum Gasteiger partial charge on any atom is 0.341 e. The maximum atomic E-state index is 12.0. The van der Waals surface area contributed by atoms with E-state index in [1.807, 2.05) is 0 Å². The molecule has 25 heavy (non-hydrogen) atoms. The smallest absolute Gasteiger partial charge is 0.341 e. The predicted octanol–water partition coefficient (Wildman–Crippen LogP) is 2.87. The molecule has 0 aliphatic heterocycles. The first-order chi connectivity index (χ1) is 12.0. The predicted molar refractivity (Wildman–Crippen MR) is 94.7 cm³/mol. The van der Waals surface area contributed by atoms with Gasteiger partial charge in [0.2, 0.25) is 5.91 Å². The molecular weight excluding hydrogens is 322 g/mol. The van der Waals surface area contributed by atoms with E-state index in [2.05, 4.69) is 12.2 Å². The van der Waals surface area contributed by atoms with E-state index in [9.17, 15) is 9.59 Å². The van der Waals surface area contributed by atoms with Crippen molar-refractivity contribution in [1.29, 1.82) is 0 Å². The van der Waals surface area contributed by atoms with Crippen LogP contribution in [-0.4, -0.2) is 36.7 Å². The Hall–Kier alpha value is -2.50. The molecule has 1 amide bonds. The second kappa shape index (κ2) is 9.11. The molecule has 6 nitrogen and oxygen atoms in total. The molecule has 0 bridgehead atoms. The van der Waals surface area contributed by atoms with Crippen molar-refractivity contribution in [3.8, 4) is 11.5 Å². The lowest BCUT2D eigenvalue weighted by Crippen LogP contribution is -2.36. The maximum absolute atomic E-state index is 12.0. The van der Waals surface area contributed by atoms with Crippen molar-refractivity contribution >= 4 is 18.0 Å². The highest BCUT2D eigenvalue weighted by molar-refractivity contribution is 5.92. The van der Waals surface area contributed by atoms with Gasteiger partial charge in [0.1, 0.15) is 0 Å². The minimum absolute atomic E-state index is 0.107. The van der Waals surface area contributed by atoms with Crippen molar-refractivity contribution in [2.24, 2.45) is 5.92 Å². The molecule has 0 aromatic heterocycles. The minimum atomic E-state index is -1.06. The van der Waals surface area contributed by atoms with Crippen molar-refractivity contribution in [3.63, 3.8) is 0 Å². The van der Waals surface area contributed by atoms with Gasteiger partial charge < -0.3 is 19.9 Å². The van der Waals surface area contributed by atoms with Gasteiger partial charge in [0.05, 0.1) is 7.11 Å². The number of hydrogen-bond donors (Lipinski definition) is 2. The molecule has 1 aromatic rings. The van der Waals surface area contributed by atoms with Crippen LogP contribution in [0, 0.1) is 5.92 Å². The molecular formula is C19H25NO5. The monoisotopic (exact) mass is 347 g/mol. The third kappa shape index (κ3) is 6.14. The van der Waals surface area contributed by atoms with Gasteiger partial charge in [-0.05, 0) is 55.4 Å². The highest BCUT2D eigenvalue weighted by Crippen LogP contribution is 2.28. The number of aliphatic carboxylic acids is 1. The van der Waals surface area contributed by atoms with Gasteiger partial charge in [-0.25, -0.2) is 4.79 Å². The van der Waals surface area contributed by atoms with Gasteiger partial charge in [-0.2, -0.15) is 0 Å². The number of methoxy groups -OCH3 is 1. The van der Waals surface area contributed by atoms with E-state index in [0.717, 1.165) is 37.2 Å². The van der Waals surface area contributed by atoms with Crippen LogP contribution in [0.25, 0.3) is 6.08 Å². The first kappa shape index (κ1) is 18.8. The highest BCUT2D eigenvalue weighted by Gasteiger charge is 2.18. The summed E-state index contributed by atoms with van der Waals surface area (Å²) in [7, 11) is 1.48. The Kier molecular flexibility index (Phi) is 6.86. The average molecular weight is 347 g/mol. The fourth-order valence-corrected chi connectivity index (χ4v) is 2.87. The van der Waals surface area contributed by atoms with Crippen molar-refractivity contribution < 1.29 is 24.2 Å². The summed E-state index contributed by atoms with van der Waals surface area (Å²) in [5, 5.41) is 11.7. The van der Waals surface area contributed by atoms with E-state index >= 15 is 0 Å². The summed E-state index contributed by atoms with van der Waals surface area (Å²) < 4.78 is 10.4. The molecule has 0 heterocycles. The molecule has 136 valence electrons. The van der Waals surface area contributed by atoms with Crippen LogP contribution in [0.2, 0.25) is 0 Å². The van der Waals surface area contributed by atoms with Crippen molar-refractivity contribution in [1.82, 2.24) is 5.32 Å². The summed E-state index contributed by atoms with van der Waals surface area (Å²) >= 11 is 0. The highest BCUT2D eigenvalue weighted by atomic mass is 16.5. The second-order valence-electron chi connectivity index (χ2n) is 6.39. The standard InChI is InChI=1S/C19H25NO5/c1-13-3-7-15(8-4-13)20-18(21)10-6-14-5-9-16(17(11-14)24-2)25-12-19(22)23/h5-6,9-11,13,15H,3-4,7-8,12H2,1-2H3,(H,20,21)(H,22,23). The van der Waals surface area contributed by atoms with E-state index in [0.29, 0.717) is 11.5 Å². The van der Waals surface area contributed by atoms with Crippen LogP contribution in [0.15, 0.2) is 24.3 Å². The van der Waals surface area contributed by atoms with Crippen LogP contribution < -0.4 is 14.8 Å². The third-order valence-electron chi connectivity index (χ3n) is 4.33. The molecule has 1 fully saturated rings. The fraction of sp³-hybridized carbons (Fsp3) is 0.474. The van der Waals surface area contributed by atoms with Crippen LogP contribution in [0.4, 0.5) is 0 Å². The normalized spacial score (nSPS) is 20.2.